The second-order valence-electron chi connectivity index (χ2n) is 10.2. The molecule has 0 atom stereocenters. The number of carbonyl (C=O) groups is 3. The molecular formula is C35H25N3O6S. The van der Waals surface area contributed by atoms with Gasteiger partial charge >= 0.3 is 0 Å². The SMILES string of the molecule is O=C(Nc1cc(C(=O)Nc2cccc3ccccc23)cc(C(=O)Nc2cccc3cc(S(=O)(=O)O)ccc23)c1)c1ccccc1. The molecular weight excluding hydrogens is 590 g/mol. The number of hydrogen-bond donors (Lipinski definition) is 4. The Bertz CT molecular complexity index is 2230. The number of anilines is 3. The van der Waals surface area contributed by atoms with Crippen LogP contribution in [0.2, 0.25) is 0 Å². The van der Waals surface area contributed by atoms with Crippen LogP contribution in [0, 0.1) is 0 Å². The second-order valence-corrected chi connectivity index (χ2v) is 11.6. The maximum atomic E-state index is 13.6. The van der Waals surface area contributed by atoms with Gasteiger partial charge in [0.25, 0.3) is 27.8 Å². The van der Waals surface area contributed by atoms with Crippen molar-refractivity contribution in [1.82, 2.24) is 0 Å². The third kappa shape index (κ3) is 6.42. The molecule has 0 radical (unpaired) electrons. The molecule has 45 heavy (non-hydrogen) atoms. The van der Waals surface area contributed by atoms with Crippen LogP contribution in [0.4, 0.5) is 17.1 Å². The number of fused-ring (bicyclic) bond motifs is 2. The second kappa shape index (κ2) is 12.0. The standard InChI is InChI=1S/C35H25N3O6S/c39-33(23-9-2-1-3-10-23)36-27-19-25(34(40)37-31-14-6-11-22-8-4-5-13-29(22)31)18-26(20-27)35(41)38-32-15-7-12-24-21-28(45(42,43)44)16-17-30(24)32/h1-21H,(H,36,39)(H,37,40)(H,38,41)(H,42,43,44). The van der Waals surface area contributed by atoms with Gasteiger partial charge in [0.15, 0.2) is 0 Å². The van der Waals surface area contributed by atoms with Crippen molar-refractivity contribution in [2.45, 2.75) is 4.90 Å². The minimum absolute atomic E-state index is 0.0930. The third-order valence-corrected chi connectivity index (χ3v) is 8.04. The molecule has 6 aromatic rings. The zero-order valence-electron chi connectivity index (χ0n) is 23.5. The smallest absolute Gasteiger partial charge is 0.294 e. The normalized spacial score (nSPS) is 11.2. The number of hydrogen-bond acceptors (Lipinski definition) is 5. The molecule has 3 amide bonds. The highest BCUT2D eigenvalue weighted by Gasteiger charge is 2.18. The van der Waals surface area contributed by atoms with E-state index in [0.717, 1.165) is 10.8 Å². The van der Waals surface area contributed by atoms with Gasteiger partial charge < -0.3 is 16.0 Å². The monoisotopic (exact) mass is 615 g/mol. The Morgan fingerprint density at radius 2 is 1.02 bits per heavy atom. The molecule has 6 rings (SSSR count). The van der Waals surface area contributed by atoms with Gasteiger partial charge in [-0.05, 0) is 65.4 Å². The first-order chi connectivity index (χ1) is 21.7. The van der Waals surface area contributed by atoms with Crippen LogP contribution in [0.1, 0.15) is 31.1 Å². The predicted octanol–water partition coefficient (Wildman–Crippen LogP) is 7.00. The van der Waals surface area contributed by atoms with Crippen molar-refractivity contribution >= 4 is 66.4 Å². The Hall–Kier alpha value is -5.84. The summed E-state index contributed by atoms with van der Waals surface area (Å²) in [4.78, 5) is 39.9. The number of nitrogens with one attached hydrogen (secondary N) is 3. The number of rotatable bonds is 7. The van der Waals surface area contributed by atoms with Crippen LogP contribution in [0.25, 0.3) is 21.5 Å². The quantitative estimate of drug-likeness (QED) is 0.143. The van der Waals surface area contributed by atoms with Crippen LogP contribution in [0.15, 0.2) is 132 Å². The van der Waals surface area contributed by atoms with Crippen molar-refractivity contribution in [1.29, 1.82) is 0 Å². The molecule has 0 fully saturated rings. The average Bonchev–Trinajstić information content (AvgIpc) is 3.04. The maximum Gasteiger partial charge on any atom is 0.294 e. The van der Waals surface area contributed by atoms with E-state index in [-0.39, 0.29) is 21.7 Å². The fourth-order valence-corrected chi connectivity index (χ4v) is 5.53. The largest absolute Gasteiger partial charge is 0.322 e. The summed E-state index contributed by atoms with van der Waals surface area (Å²) in [5.41, 5.74) is 1.82. The van der Waals surface area contributed by atoms with E-state index < -0.39 is 27.8 Å². The fourth-order valence-electron chi connectivity index (χ4n) is 5.01. The number of benzene rings is 6. The highest BCUT2D eigenvalue weighted by molar-refractivity contribution is 7.85. The molecule has 0 bridgehead atoms. The van der Waals surface area contributed by atoms with Crippen LogP contribution >= 0.6 is 0 Å². The Balaban J connectivity index is 1.35. The Kier molecular flexibility index (Phi) is 7.82. The molecule has 0 aromatic heterocycles. The van der Waals surface area contributed by atoms with Crippen molar-refractivity contribution in [3.8, 4) is 0 Å². The molecule has 0 heterocycles. The van der Waals surface area contributed by atoms with E-state index in [4.69, 9.17) is 0 Å². The molecule has 9 nitrogen and oxygen atoms in total. The van der Waals surface area contributed by atoms with Crippen molar-refractivity contribution in [3.05, 3.63) is 144 Å². The summed E-state index contributed by atoms with van der Waals surface area (Å²) in [7, 11) is -4.42. The summed E-state index contributed by atoms with van der Waals surface area (Å²) in [5, 5.41) is 11.3. The molecule has 0 aliphatic rings. The van der Waals surface area contributed by atoms with Crippen molar-refractivity contribution < 1.29 is 27.4 Å². The molecule has 0 aliphatic heterocycles. The molecule has 0 saturated heterocycles. The van der Waals surface area contributed by atoms with Gasteiger partial charge in [-0.3, -0.25) is 18.9 Å². The van der Waals surface area contributed by atoms with E-state index in [9.17, 15) is 27.4 Å². The Morgan fingerprint density at radius 1 is 0.489 bits per heavy atom. The van der Waals surface area contributed by atoms with E-state index in [1.54, 1.807) is 54.6 Å². The summed E-state index contributed by atoms with van der Waals surface area (Å²) in [6.45, 7) is 0. The maximum absolute atomic E-state index is 13.6. The molecule has 0 saturated carbocycles. The van der Waals surface area contributed by atoms with Gasteiger partial charge in [-0.15, -0.1) is 0 Å². The van der Waals surface area contributed by atoms with Gasteiger partial charge in [0.05, 0.1) is 4.90 Å². The van der Waals surface area contributed by atoms with Crippen molar-refractivity contribution in [2.24, 2.45) is 0 Å². The predicted molar refractivity (Wildman–Crippen MR) is 174 cm³/mol. The van der Waals surface area contributed by atoms with E-state index in [1.165, 1.54) is 36.4 Å². The van der Waals surface area contributed by atoms with Gasteiger partial charge in [-0.25, -0.2) is 0 Å². The van der Waals surface area contributed by atoms with E-state index >= 15 is 0 Å². The van der Waals surface area contributed by atoms with Crippen LogP contribution in [0.5, 0.6) is 0 Å². The van der Waals surface area contributed by atoms with Crippen LogP contribution < -0.4 is 16.0 Å². The van der Waals surface area contributed by atoms with Gasteiger partial charge in [0.2, 0.25) is 0 Å². The lowest BCUT2D eigenvalue weighted by molar-refractivity contribution is 0.101. The zero-order valence-corrected chi connectivity index (χ0v) is 24.3. The lowest BCUT2D eigenvalue weighted by atomic mass is 10.1. The zero-order chi connectivity index (χ0) is 31.6. The number of amides is 3. The highest BCUT2D eigenvalue weighted by Crippen LogP contribution is 2.28. The minimum Gasteiger partial charge on any atom is -0.322 e. The Morgan fingerprint density at radius 3 is 1.67 bits per heavy atom. The lowest BCUT2D eigenvalue weighted by Crippen LogP contribution is -2.18. The van der Waals surface area contributed by atoms with Gasteiger partial charge in [0, 0.05) is 44.5 Å². The summed E-state index contributed by atoms with van der Waals surface area (Å²) < 4.78 is 32.7. The summed E-state index contributed by atoms with van der Waals surface area (Å²) in [6.07, 6.45) is 0. The average molecular weight is 616 g/mol. The molecule has 0 spiro atoms. The molecule has 10 heteroatoms. The fraction of sp³-hybridized carbons (Fsp3) is 0. The van der Waals surface area contributed by atoms with Crippen LogP contribution in [-0.4, -0.2) is 30.7 Å². The van der Waals surface area contributed by atoms with E-state index in [2.05, 4.69) is 16.0 Å². The first kappa shape index (κ1) is 29.2. The number of carbonyl (C=O) groups excluding carboxylic acids is 3. The first-order valence-corrected chi connectivity index (χ1v) is 15.2. The van der Waals surface area contributed by atoms with E-state index in [1.807, 2.05) is 36.4 Å². The lowest BCUT2D eigenvalue weighted by Gasteiger charge is -2.14. The van der Waals surface area contributed by atoms with Crippen LogP contribution in [0.3, 0.4) is 0 Å². The molecule has 6 aromatic carbocycles. The van der Waals surface area contributed by atoms with Gasteiger partial charge in [-0.2, -0.15) is 8.42 Å². The topological polar surface area (TPSA) is 142 Å². The minimum atomic E-state index is -4.42. The van der Waals surface area contributed by atoms with E-state index in [0.29, 0.717) is 27.7 Å². The molecule has 222 valence electrons. The summed E-state index contributed by atoms with van der Waals surface area (Å²) in [5.74, 6) is -1.48. The Labute approximate surface area is 258 Å². The highest BCUT2D eigenvalue weighted by atomic mass is 32.2. The molecule has 0 aliphatic carbocycles. The summed E-state index contributed by atoms with van der Waals surface area (Å²) in [6, 6.07) is 35.0. The molecule has 0 unspecified atom stereocenters. The summed E-state index contributed by atoms with van der Waals surface area (Å²) >= 11 is 0. The third-order valence-electron chi connectivity index (χ3n) is 7.19. The van der Waals surface area contributed by atoms with Crippen molar-refractivity contribution in [3.63, 3.8) is 0 Å². The molecule has 4 N–H and O–H groups in total. The first-order valence-electron chi connectivity index (χ1n) is 13.8. The van der Waals surface area contributed by atoms with Crippen molar-refractivity contribution in [2.75, 3.05) is 16.0 Å². The van der Waals surface area contributed by atoms with Gasteiger partial charge in [-0.1, -0.05) is 72.8 Å². The van der Waals surface area contributed by atoms with Crippen LogP contribution in [-0.2, 0) is 10.1 Å². The van der Waals surface area contributed by atoms with Gasteiger partial charge in [0.1, 0.15) is 0 Å².